The number of carbonyl (C=O) groups excluding carboxylic acids is 2. The monoisotopic (exact) mass is 376 g/mol. The van der Waals surface area contributed by atoms with E-state index in [9.17, 15) is 30.0 Å². The third kappa shape index (κ3) is 4.40. The summed E-state index contributed by atoms with van der Waals surface area (Å²) in [6.07, 6.45) is 2.25. The number of phenolic OH excluding ortho intramolecular Hbond substituents is 4. The van der Waals surface area contributed by atoms with Crippen LogP contribution in [0.4, 0.5) is 0 Å². The van der Waals surface area contributed by atoms with Gasteiger partial charge in [0.1, 0.15) is 0 Å². The maximum absolute atomic E-state index is 11.9. The zero-order valence-electron chi connectivity index (χ0n) is 14.3. The minimum atomic E-state index is -1.14. The Labute approximate surface area is 153 Å². The molecule has 9 heteroatoms. The van der Waals surface area contributed by atoms with Crippen molar-refractivity contribution in [2.75, 3.05) is 14.2 Å². The summed E-state index contributed by atoms with van der Waals surface area (Å²) in [7, 11) is 2.69. The first-order valence-corrected chi connectivity index (χ1v) is 7.41. The van der Waals surface area contributed by atoms with Gasteiger partial charge in [-0.3, -0.25) is 0 Å². The van der Waals surface area contributed by atoms with Crippen molar-refractivity contribution in [1.29, 1.82) is 0 Å². The molecule has 0 saturated heterocycles. The highest BCUT2D eigenvalue weighted by molar-refractivity contribution is 6.01. The molecule has 0 bridgehead atoms. The van der Waals surface area contributed by atoms with E-state index in [-0.39, 0.29) is 22.8 Å². The van der Waals surface area contributed by atoms with Crippen LogP contribution in [0.5, 0.6) is 34.5 Å². The second-order valence-electron chi connectivity index (χ2n) is 5.18. The molecular weight excluding hydrogens is 360 g/mol. The lowest BCUT2D eigenvalue weighted by atomic mass is 10.1. The lowest BCUT2D eigenvalue weighted by Gasteiger charge is -2.09. The largest absolute Gasteiger partial charge is 0.504 e. The fourth-order valence-electron chi connectivity index (χ4n) is 2.08. The Kier molecular flexibility index (Phi) is 5.76. The molecule has 0 radical (unpaired) electrons. The number of aromatic hydroxyl groups is 4. The summed E-state index contributed by atoms with van der Waals surface area (Å²) >= 11 is 0. The normalized spacial score (nSPS) is 10.6. The molecule has 4 N–H and O–H groups in total. The van der Waals surface area contributed by atoms with Crippen LogP contribution in [-0.2, 0) is 9.53 Å². The number of ether oxygens (including phenoxy) is 3. The van der Waals surface area contributed by atoms with Crippen molar-refractivity contribution in [3.8, 4) is 34.5 Å². The number of benzene rings is 2. The van der Waals surface area contributed by atoms with E-state index < -0.39 is 29.2 Å². The number of methoxy groups -OCH3 is 2. The van der Waals surface area contributed by atoms with Gasteiger partial charge in [-0.2, -0.15) is 0 Å². The van der Waals surface area contributed by atoms with E-state index in [1.165, 1.54) is 32.4 Å². The van der Waals surface area contributed by atoms with E-state index in [1.54, 1.807) is 0 Å². The Bertz CT molecular complexity index is 867. The molecule has 0 amide bonds. The smallest absolute Gasteiger partial charge is 0.346 e. The predicted octanol–water partition coefficient (Wildman–Crippen LogP) is 1.92. The van der Waals surface area contributed by atoms with Gasteiger partial charge in [0.15, 0.2) is 28.7 Å². The topological polar surface area (TPSA) is 143 Å². The van der Waals surface area contributed by atoms with E-state index in [2.05, 4.69) is 4.74 Å². The van der Waals surface area contributed by atoms with Crippen molar-refractivity contribution < 1.29 is 44.2 Å². The van der Waals surface area contributed by atoms with Gasteiger partial charge in [-0.05, 0) is 35.9 Å². The van der Waals surface area contributed by atoms with Crippen LogP contribution in [-0.4, -0.2) is 46.6 Å². The lowest BCUT2D eigenvalue weighted by molar-refractivity contribution is -0.132. The molecule has 0 spiro atoms. The third-order valence-corrected chi connectivity index (χ3v) is 3.41. The molecule has 2 rings (SSSR count). The van der Waals surface area contributed by atoms with Gasteiger partial charge in [-0.15, -0.1) is 0 Å². The average molecular weight is 376 g/mol. The summed E-state index contributed by atoms with van der Waals surface area (Å²) in [6, 6.07) is 4.53. The Balaban J connectivity index is 2.15. The van der Waals surface area contributed by atoms with Gasteiger partial charge in [0.2, 0.25) is 5.75 Å². The molecule has 27 heavy (non-hydrogen) atoms. The molecule has 142 valence electrons. The SMILES string of the molecule is COc1cc(/C=C/C(=O)OC(=O)c2cc(O)c(O)c(O)c2)cc(OC)c1O. The van der Waals surface area contributed by atoms with Gasteiger partial charge in [0.25, 0.3) is 0 Å². The molecule has 0 atom stereocenters. The quantitative estimate of drug-likeness (QED) is 0.266. The summed E-state index contributed by atoms with van der Waals surface area (Å²) < 4.78 is 14.5. The van der Waals surface area contributed by atoms with Crippen molar-refractivity contribution in [2.45, 2.75) is 0 Å². The second-order valence-corrected chi connectivity index (χ2v) is 5.18. The van der Waals surface area contributed by atoms with Crippen molar-refractivity contribution in [3.05, 3.63) is 41.5 Å². The molecule has 0 unspecified atom stereocenters. The second kappa shape index (κ2) is 8.00. The van der Waals surface area contributed by atoms with E-state index in [4.69, 9.17) is 9.47 Å². The van der Waals surface area contributed by atoms with Gasteiger partial charge in [0.05, 0.1) is 19.8 Å². The highest BCUT2D eigenvalue weighted by atomic mass is 16.6. The van der Waals surface area contributed by atoms with Crippen LogP contribution in [0.15, 0.2) is 30.3 Å². The summed E-state index contributed by atoms with van der Waals surface area (Å²) in [5.74, 6) is -4.42. The minimum Gasteiger partial charge on any atom is -0.504 e. The Morgan fingerprint density at radius 3 is 1.85 bits per heavy atom. The van der Waals surface area contributed by atoms with Crippen LogP contribution in [0.3, 0.4) is 0 Å². The van der Waals surface area contributed by atoms with Crippen LogP contribution in [0, 0.1) is 0 Å². The molecule has 0 aromatic heterocycles. The molecule has 0 aliphatic carbocycles. The van der Waals surface area contributed by atoms with Gasteiger partial charge in [-0.25, -0.2) is 9.59 Å². The van der Waals surface area contributed by atoms with Crippen molar-refractivity contribution in [1.82, 2.24) is 0 Å². The summed E-state index contributed by atoms with van der Waals surface area (Å²) in [6.45, 7) is 0. The maximum Gasteiger partial charge on any atom is 0.346 e. The fraction of sp³-hybridized carbons (Fsp3) is 0.111. The average Bonchev–Trinajstić information content (AvgIpc) is 2.64. The van der Waals surface area contributed by atoms with Gasteiger partial charge < -0.3 is 34.6 Å². The molecular formula is C18H16O9. The van der Waals surface area contributed by atoms with Crippen molar-refractivity contribution in [3.63, 3.8) is 0 Å². The van der Waals surface area contributed by atoms with Crippen molar-refractivity contribution >= 4 is 18.0 Å². The first-order valence-electron chi connectivity index (χ1n) is 7.41. The highest BCUT2D eigenvalue weighted by Crippen LogP contribution is 2.37. The first kappa shape index (κ1) is 19.4. The summed E-state index contributed by atoms with van der Waals surface area (Å²) in [5, 5.41) is 37.8. The number of rotatable bonds is 5. The fourth-order valence-corrected chi connectivity index (χ4v) is 2.08. The maximum atomic E-state index is 11.9. The predicted molar refractivity (Wildman–Crippen MR) is 92.1 cm³/mol. The van der Waals surface area contributed by atoms with Crippen LogP contribution < -0.4 is 9.47 Å². The molecule has 0 saturated carbocycles. The lowest BCUT2D eigenvalue weighted by Crippen LogP contribution is -2.10. The minimum absolute atomic E-state index is 0.119. The van der Waals surface area contributed by atoms with E-state index in [0.29, 0.717) is 5.56 Å². The Morgan fingerprint density at radius 2 is 1.37 bits per heavy atom. The molecule has 0 aliphatic rings. The Hall–Kier alpha value is -3.88. The molecule has 0 fully saturated rings. The van der Waals surface area contributed by atoms with Crippen LogP contribution >= 0.6 is 0 Å². The van der Waals surface area contributed by atoms with E-state index in [0.717, 1.165) is 18.2 Å². The van der Waals surface area contributed by atoms with Gasteiger partial charge in [0, 0.05) is 6.08 Å². The van der Waals surface area contributed by atoms with E-state index in [1.807, 2.05) is 0 Å². The Morgan fingerprint density at radius 1 is 0.852 bits per heavy atom. The number of hydrogen-bond donors (Lipinski definition) is 4. The number of esters is 2. The number of hydrogen-bond acceptors (Lipinski definition) is 9. The van der Waals surface area contributed by atoms with Gasteiger partial charge >= 0.3 is 11.9 Å². The third-order valence-electron chi connectivity index (χ3n) is 3.41. The van der Waals surface area contributed by atoms with Crippen molar-refractivity contribution in [2.24, 2.45) is 0 Å². The van der Waals surface area contributed by atoms with E-state index >= 15 is 0 Å². The van der Waals surface area contributed by atoms with Crippen LogP contribution in [0.1, 0.15) is 15.9 Å². The van der Waals surface area contributed by atoms with Crippen LogP contribution in [0.2, 0.25) is 0 Å². The zero-order valence-corrected chi connectivity index (χ0v) is 14.3. The number of carbonyl (C=O) groups is 2. The van der Waals surface area contributed by atoms with Crippen LogP contribution in [0.25, 0.3) is 6.08 Å². The molecule has 0 heterocycles. The molecule has 0 aliphatic heterocycles. The summed E-state index contributed by atoms with van der Waals surface area (Å²) in [4.78, 5) is 23.7. The summed E-state index contributed by atoms with van der Waals surface area (Å²) in [5.41, 5.74) is 0.0864. The first-order chi connectivity index (χ1) is 12.8. The van der Waals surface area contributed by atoms with Gasteiger partial charge in [-0.1, -0.05) is 0 Å². The zero-order chi connectivity index (χ0) is 20.1. The standard InChI is InChI=1S/C18H16O9/c1-25-13-5-9(6-14(26-2)17(13)23)3-4-15(21)27-18(24)10-7-11(19)16(22)12(20)8-10/h3-8,19-20,22-23H,1-2H3/b4-3+. The molecule has 2 aromatic carbocycles. The molecule has 9 nitrogen and oxygen atoms in total. The number of phenols is 4. The highest BCUT2D eigenvalue weighted by Gasteiger charge is 2.17. The molecule has 2 aromatic rings.